The molecule has 0 saturated heterocycles. The molecule has 1 aliphatic rings. The second-order valence-electron chi connectivity index (χ2n) is 8.31. The summed E-state index contributed by atoms with van der Waals surface area (Å²) in [5.74, 6) is 0.348. The third-order valence-electron chi connectivity index (χ3n) is 6.07. The summed E-state index contributed by atoms with van der Waals surface area (Å²) in [5.41, 5.74) is 1.01. The molecule has 3 rings (SSSR count). The van der Waals surface area contributed by atoms with E-state index in [4.69, 9.17) is 0 Å². The fraction of sp³-hybridized carbons (Fsp3) is 0.480. The first kappa shape index (κ1) is 22.0. The van der Waals surface area contributed by atoms with E-state index in [1.165, 1.54) is 56.2 Å². The molecule has 1 aromatic carbocycles. The number of unbranched alkanes of at least 4 members (excludes halogenated alkanes) is 1. The first-order valence-electron chi connectivity index (χ1n) is 11.1. The molecule has 0 unspecified atom stereocenters. The fourth-order valence-corrected chi connectivity index (χ4v) is 4.32. The summed E-state index contributed by atoms with van der Waals surface area (Å²) in [6.45, 7) is 0.326. The lowest BCUT2D eigenvalue weighted by atomic mass is 9.85. The minimum Gasteiger partial charge on any atom is -0.355 e. The van der Waals surface area contributed by atoms with Crippen LogP contribution in [0.15, 0.2) is 47.4 Å². The second-order valence-corrected chi connectivity index (χ2v) is 8.31. The first-order chi connectivity index (χ1) is 14.6. The monoisotopic (exact) mass is 408 g/mol. The lowest BCUT2D eigenvalue weighted by Crippen LogP contribution is -2.32. The highest BCUT2D eigenvalue weighted by Crippen LogP contribution is 2.28. The molecule has 1 fully saturated rings. The predicted molar refractivity (Wildman–Crippen MR) is 119 cm³/mol. The number of Topliss-reactive ketones (excluding diaryl/α,β-unsaturated/α-hetero) is 1. The van der Waals surface area contributed by atoms with Gasteiger partial charge in [-0.3, -0.25) is 14.4 Å². The van der Waals surface area contributed by atoms with Crippen LogP contribution < -0.4 is 10.9 Å². The second kappa shape index (κ2) is 10.9. The van der Waals surface area contributed by atoms with Crippen LogP contribution in [0.1, 0.15) is 84.1 Å². The molecule has 1 aliphatic carbocycles. The van der Waals surface area contributed by atoms with Gasteiger partial charge in [0, 0.05) is 25.2 Å². The molecule has 0 atom stereocenters. The van der Waals surface area contributed by atoms with E-state index >= 15 is 0 Å². The first-order valence-corrected chi connectivity index (χ1v) is 11.1. The van der Waals surface area contributed by atoms with Crippen molar-refractivity contribution in [2.24, 2.45) is 5.92 Å². The summed E-state index contributed by atoms with van der Waals surface area (Å²) < 4.78 is 1.47. The van der Waals surface area contributed by atoms with Gasteiger partial charge in [0.1, 0.15) is 5.56 Å². The number of carbonyl (C=O) groups is 2. The Hall–Kier alpha value is -2.69. The Kier molecular flexibility index (Phi) is 8.00. The van der Waals surface area contributed by atoms with Crippen LogP contribution >= 0.6 is 0 Å². The van der Waals surface area contributed by atoms with E-state index in [1.807, 2.05) is 30.3 Å². The zero-order chi connectivity index (χ0) is 21.3. The van der Waals surface area contributed by atoms with E-state index in [1.54, 1.807) is 6.20 Å². The molecule has 1 aromatic heterocycles. The summed E-state index contributed by atoms with van der Waals surface area (Å²) in [6, 6.07) is 11.0. The number of benzene rings is 1. The van der Waals surface area contributed by atoms with Gasteiger partial charge in [-0.05, 0) is 24.0 Å². The summed E-state index contributed by atoms with van der Waals surface area (Å²) in [5, 5.41) is 2.50. The van der Waals surface area contributed by atoms with Crippen molar-refractivity contribution in [1.29, 1.82) is 0 Å². The Bertz CT molecular complexity index is 912. The van der Waals surface area contributed by atoms with E-state index in [0.29, 0.717) is 18.5 Å². The highest BCUT2D eigenvalue weighted by atomic mass is 16.2. The van der Waals surface area contributed by atoms with Gasteiger partial charge in [-0.25, -0.2) is 0 Å². The average molecular weight is 409 g/mol. The average Bonchev–Trinajstić information content (AvgIpc) is 2.78. The van der Waals surface area contributed by atoms with E-state index in [0.717, 1.165) is 24.3 Å². The van der Waals surface area contributed by atoms with Crippen LogP contribution in [0.4, 0.5) is 0 Å². The third kappa shape index (κ3) is 5.91. The molecule has 2 aromatic rings. The minimum absolute atomic E-state index is 0.00870. The van der Waals surface area contributed by atoms with Gasteiger partial charge in [0.05, 0.1) is 6.54 Å². The maximum absolute atomic E-state index is 12.8. The Balaban J connectivity index is 1.70. The number of amides is 1. The number of ketones is 1. The van der Waals surface area contributed by atoms with Gasteiger partial charge >= 0.3 is 0 Å². The van der Waals surface area contributed by atoms with Crippen LogP contribution in [0.5, 0.6) is 0 Å². The normalized spacial score (nSPS) is 14.4. The van der Waals surface area contributed by atoms with Crippen molar-refractivity contribution < 1.29 is 9.59 Å². The number of nitrogens with zero attached hydrogens (tertiary/aromatic N) is 1. The number of nitrogens with one attached hydrogen (secondary N) is 1. The van der Waals surface area contributed by atoms with Gasteiger partial charge in [-0.2, -0.15) is 0 Å². The summed E-state index contributed by atoms with van der Waals surface area (Å²) in [4.78, 5) is 37.8. The van der Waals surface area contributed by atoms with Crippen molar-refractivity contribution in [2.75, 3.05) is 7.05 Å². The number of pyridine rings is 1. The van der Waals surface area contributed by atoms with Gasteiger partial charge in [0.2, 0.25) is 0 Å². The quantitative estimate of drug-likeness (QED) is 0.488. The zero-order valence-corrected chi connectivity index (χ0v) is 17.9. The molecule has 160 valence electrons. The molecule has 1 amide bonds. The largest absolute Gasteiger partial charge is 0.355 e. The fourth-order valence-electron chi connectivity index (χ4n) is 4.32. The predicted octanol–water partition coefficient (Wildman–Crippen LogP) is 4.58. The lowest BCUT2D eigenvalue weighted by molar-refractivity contribution is 0.0961. The maximum atomic E-state index is 12.8. The number of hydrogen-bond acceptors (Lipinski definition) is 3. The number of carbonyl (C=O) groups excluding carboxylic acids is 2. The Labute approximate surface area is 178 Å². The molecule has 0 aliphatic heterocycles. The van der Waals surface area contributed by atoms with Crippen molar-refractivity contribution in [2.45, 2.75) is 64.3 Å². The van der Waals surface area contributed by atoms with E-state index in [2.05, 4.69) is 5.32 Å². The maximum Gasteiger partial charge on any atom is 0.263 e. The molecule has 5 nitrogen and oxygen atoms in total. The SMILES string of the molecule is CNC(=O)c1cc(C(=O)CCCCC2CCCCC2)cn(Cc2ccccc2)c1=O. The third-order valence-corrected chi connectivity index (χ3v) is 6.07. The van der Waals surface area contributed by atoms with Gasteiger partial charge in [0.15, 0.2) is 5.78 Å². The minimum atomic E-state index is -0.464. The van der Waals surface area contributed by atoms with Crippen LogP contribution in [-0.2, 0) is 6.54 Å². The molecule has 0 radical (unpaired) electrons. The molecule has 0 spiro atoms. The Morgan fingerprint density at radius 1 is 1.07 bits per heavy atom. The molecule has 5 heteroatoms. The van der Waals surface area contributed by atoms with Crippen LogP contribution in [0.2, 0.25) is 0 Å². The smallest absolute Gasteiger partial charge is 0.263 e. The van der Waals surface area contributed by atoms with E-state index < -0.39 is 5.91 Å². The molecular formula is C25H32N2O3. The van der Waals surface area contributed by atoms with Crippen LogP contribution in [-0.4, -0.2) is 23.3 Å². The van der Waals surface area contributed by atoms with E-state index in [-0.39, 0.29) is 16.9 Å². The molecule has 1 saturated carbocycles. The van der Waals surface area contributed by atoms with Crippen LogP contribution in [0.3, 0.4) is 0 Å². The zero-order valence-electron chi connectivity index (χ0n) is 17.9. The van der Waals surface area contributed by atoms with Crippen molar-refractivity contribution in [3.8, 4) is 0 Å². The molecule has 30 heavy (non-hydrogen) atoms. The Morgan fingerprint density at radius 2 is 1.80 bits per heavy atom. The van der Waals surface area contributed by atoms with Crippen LogP contribution in [0, 0.1) is 5.92 Å². The summed E-state index contributed by atoms with van der Waals surface area (Å²) in [6.07, 6.45) is 11.9. The molecule has 1 heterocycles. The van der Waals surface area contributed by atoms with Crippen LogP contribution in [0.25, 0.3) is 0 Å². The van der Waals surface area contributed by atoms with Gasteiger partial charge in [-0.15, -0.1) is 0 Å². The highest BCUT2D eigenvalue weighted by Gasteiger charge is 2.17. The van der Waals surface area contributed by atoms with Crippen molar-refractivity contribution in [1.82, 2.24) is 9.88 Å². The van der Waals surface area contributed by atoms with Gasteiger partial charge in [-0.1, -0.05) is 75.3 Å². The van der Waals surface area contributed by atoms with Crippen molar-refractivity contribution in [3.63, 3.8) is 0 Å². The molecule has 0 bridgehead atoms. The lowest BCUT2D eigenvalue weighted by Gasteiger charge is -2.21. The molecular weight excluding hydrogens is 376 g/mol. The van der Waals surface area contributed by atoms with E-state index in [9.17, 15) is 14.4 Å². The highest BCUT2D eigenvalue weighted by molar-refractivity contribution is 6.00. The molecule has 1 N–H and O–H groups in total. The van der Waals surface area contributed by atoms with Crippen molar-refractivity contribution >= 4 is 11.7 Å². The Morgan fingerprint density at radius 3 is 2.50 bits per heavy atom. The summed E-state index contributed by atoms with van der Waals surface area (Å²) >= 11 is 0. The van der Waals surface area contributed by atoms with Gasteiger partial charge < -0.3 is 9.88 Å². The number of aromatic nitrogens is 1. The van der Waals surface area contributed by atoms with Gasteiger partial charge in [0.25, 0.3) is 11.5 Å². The standard InChI is InChI=1S/C25H32N2O3/c1-26-24(29)22-16-21(18-27(25(22)30)17-20-13-6-3-7-14-20)23(28)15-9-8-12-19-10-4-2-5-11-19/h3,6-7,13-14,16,18-19H,2,4-5,8-12,15,17H2,1H3,(H,26,29). The number of hydrogen-bond donors (Lipinski definition) is 1. The topological polar surface area (TPSA) is 68.2 Å². The number of rotatable bonds is 9. The summed E-state index contributed by atoms with van der Waals surface area (Å²) in [7, 11) is 1.49. The van der Waals surface area contributed by atoms with Crippen molar-refractivity contribution in [3.05, 3.63) is 69.6 Å².